The van der Waals surface area contributed by atoms with E-state index in [0.717, 1.165) is 10.0 Å². The Hall–Kier alpha value is -3.25. The number of halogens is 1. The van der Waals surface area contributed by atoms with E-state index in [1.54, 1.807) is 48.5 Å². The number of hydrogen-bond acceptors (Lipinski definition) is 4. The van der Waals surface area contributed by atoms with Crippen LogP contribution in [0.5, 0.6) is 0 Å². The molecule has 6 nitrogen and oxygen atoms in total. The molecular weight excluding hydrogens is 428 g/mol. The van der Waals surface area contributed by atoms with Gasteiger partial charge in [-0.2, -0.15) is 5.01 Å². The summed E-state index contributed by atoms with van der Waals surface area (Å²) in [5.74, 6) is -3.25. The lowest BCUT2D eigenvalue weighted by Gasteiger charge is -2.35. The van der Waals surface area contributed by atoms with Crippen molar-refractivity contribution in [3.05, 3.63) is 82.9 Å². The number of carbonyl (C=O) groups is 4. The topological polar surface area (TPSA) is 74.8 Å². The molecule has 3 amide bonds. The van der Waals surface area contributed by atoms with Crippen LogP contribution in [-0.2, 0) is 9.59 Å². The minimum absolute atomic E-state index is 0.114. The van der Waals surface area contributed by atoms with Gasteiger partial charge in [-0.3, -0.25) is 19.2 Å². The number of imide groups is 1. The van der Waals surface area contributed by atoms with Crippen molar-refractivity contribution in [1.29, 1.82) is 0 Å². The van der Waals surface area contributed by atoms with E-state index in [4.69, 9.17) is 11.6 Å². The van der Waals surface area contributed by atoms with Crippen LogP contribution in [0.2, 0.25) is 5.02 Å². The zero-order chi connectivity index (χ0) is 23.0. The van der Waals surface area contributed by atoms with Gasteiger partial charge in [0.25, 0.3) is 17.7 Å². The van der Waals surface area contributed by atoms with Crippen molar-refractivity contribution >= 4 is 35.1 Å². The highest BCUT2D eigenvalue weighted by atomic mass is 35.5. The molecule has 0 aromatic heterocycles. The first kappa shape index (κ1) is 22.0. The van der Waals surface area contributed by atoms with Crippen molar-refractivity contribution in [2.75, 3.05) is 0 Å². The quantitative estimate of drug-likeness (QED) is 0.389. The highest BCUT2D eigenvalue weighted by molar-refractivity contribution is 6.34. The second-order valence-corrected chi connectivity index (χ2v) is 8.59. The van der Waals surface area contributed by atoms with E-state index in [9.17, 15) is 19.2 Å². The normalized spacial score (nSPS) is 23.1. The van der Waals surface area contributed by atoms with Gasteiger partial charge in [0.2, 0.25) is 0 Å². The predicted octanol–water partition coefficient (Wildman–Crippen LogP) is 4.17. The van der Waals surface area contributed by atoms with Gasteiger partial charge in [-0.25, -0.2) is 5.01 Å². The average molecular weight is 451 g/mol. The SMILES string of the molecule is C[C@@H]1C=CC[C@@H]2C(=O)N(N(C(=O)c3ccccc3Cl)[C@H](C)C(=O)c3ccccc3)C(=O)[C@@H]12. The third kappa shape index (κ3) is 3.65. The van der Waals surface area contributed by atoms with Gasteiger partial charge in [-0.15, -0.1) is 0 Å². The molecule has 2 aromatic carbocycles. The average Bonchev–Trinajstić information content (AvgIpc) is 3.05. The Morgan fingerprint density at radius 3 is 2.34 bits per heavy atom. The Morgan fingerprint density at radius 2 is 1.69 bits per heavy atom. The number of allylic oxidation sites excluding steroid dienone is 2. The third-order valence-corrected chi connectivity index (χ3v) is 6.51. The van der Waals surface area contributed by atoms with Gasteiger partial charge < -0.3 is 0 Å². The number of hydrazine groups is 1. The number of amides is 3. The van der Waals surface area contributed by atoms with Crippen LogP contribution in [0.25, 0.3) is 0 Å². The van der Waals surface area contributed by atoms with Gasteiger partial charge >= 0.3 is 0 Å². The highest BCUT2D eigenvalue weighted by Gasteiger charge is 2.54. The second-order valence-electron chi connectivity index (χ2n) is 8.18. The third-order valence-electron chi connectivity index (χ3n) is 6.18. The number of benzene rings is 2. The van der Waals surface area contributed by atoms with Crippen molar-refractivity contribution in [3.63, 3.8) is 0 Å². The lowest BCUT2D eigenvalue weighted by atomic mass is 9.78. The van der Waals surface area contributed by atoms with Crippen LogP contribution in [0.3, 0.4) is 0 Å². The number of fused-ring (bicyclic) bond motifs is 1. The highest BCUT2D eigenvalue weighted by Crippen LogP contribution is 2.40. The molecule has 2 aromatic rings. The van der Waals surface area contributed by atoms with Gasteiger partial charge in [0.05, 0.1) is 22.4 Å². The van der Waals surface area contributed by atoms with Crippen LogP contribution in [-0.4, -0.2) is 39.6 Å². The molecule has 32 heavy (non-hydrogen) atoms. The molecule has 0 unspecified atom stereocenters. The van der Waals surface area contributed by atoms with E-state index in [-0.39, 0.29) is 22.3 Å². The van der Waals surface area contributed by atoms with Crippen molar-refractivity contribution in [3.8, 4) is 0 Å². The molecule has 0 bridgehead atoms. The van der Waals surface area contributed by atoms with Gasteiger partial charge in [0.1, 0.15) is 6.04 Å². The molecule has 0 spiro atoms. The van der Waals surface area contributed by atoms with E-state index < -0.39 is 35.6 Å². The van der Waals surface area contributed by atoms with Crippen LogP contribution in [0.15, 0.2) is 66.7 Å². The summed E-state index contributed by atoms with van der Waals surface area (Å²) in [6, 6.07) is 13.8. The molecule has 0 radical (unpaired) electrons. The number of nitrogens with zero attached hydrogens (tertiary/aromatic N) is 2. The smallest absolute Gasteiger partial charge is 0.275 e. The zero-order valence-corrected chi connectivity index (χ0v) is 18.5. The fourth-order valence-corrected chi connectivity index (χ4v) is 4.71. The summed E-state index contributed by atoms with van der Waals surface area (Å²) in [6.45, 7) is 3.40. The summed E-state index contributed by atoms with van der Waals surface area (Å²) in [5, 5.41) is 2.05. The molecule has 4 rings (SSSR count). The number of hydrogen-bond donors (Lipinski definition) is 0. The molecule has 0 N–H and O–H groups in total. The molecule has 1 fully saturated rings. The summed E-state index contributed by atoms with van der Waals surface area (Å²) < 4.78 is 0. The maximum Gasteiger partial charge on any atom is 0.275 e. The van der Waals surface area contributed by atoms with Crippen molar-refractivity contribution in [2.24, 2.45) is 17.8 Å². The molecule has 1 saturated heterocycles. The molecule has 1 heterocycles. The summed E-state index contributed by atoms with van der Waals surface area (Å²) >= 11 is 6.26. The van der Waals surface area contributed by atoms with Crippen molar-refractivity contribution in [1.82, 2.24) is 10.0 Å². The minimum atomic E-state index is -1.10. The predicted molar refractivity (Wildman–Crippen MR) is 120 cm³/mol. The first-order valence-electron chi connectivity index (χ1n) is 10.5. The standard InChI is InChI=1S/C25H23ClN2O4/c1-15-9-8-13-19-21(15)25(32)28(24(19)31)27(23(30)18-12-6-7-14-20(18)26)16(2)22(29)17-10-4-3-5-11-17/h3-12,14-16,19,21H,13H2,1-2H3/t15-,16-,19+,21+/m1/s1. The molecule has 1 aliphatic carbocycles. The summed E-state index contributed by atoms with van der Waals surface area (Å²) in [6.07, 6.45) is 4.22. The summed E-state index contributed by atoms with van der Waals surface area (Å²) in [4.78, 5) is 53.7. The molecule has 164 valence electrons. The number of Topliss-reactive ketones (excluding diaryl/α,β-unsaturated/α-hetero) is 1. The Labute approximate surface area is 191 Å². The van der Waals surface area contributed by atoms with E-state index in [2.05, 4.69) is 0 Å². The molecular formula is C25H23ClN2O4. The molecule has 0 saturated carbocycles. The molecule has 4 atom stereocenters. The minimum Gasteiger partial charge on any atom is -0.292 e. The lowest BCUT2D eigenvalue weighted by Crippen LogP contribution is -2.56. The number of carbonyl (C=O) groups excluding carboxylic acids is 4. The number of ketones is 1. The van der Waals surface area contributed by atoms with Gasteiger partial charge in [0.15, 0.2) is 5.78 Å². The lowest BCUT2D eigenvalue weighted by molar-refractivity contribution is -0.156. The Morgan fingerprint density at radius 1 is 1.03 bits per heavy atom. The second kappa shape index (κ2) is 8.71. The molecule has 1 aliphatic heterocycles. The largest absolute Gasteiger partial charge is 0.292 e. The van der Waals surface area contributed by atoms with E-state index in [0.29, 0.717) is 12.0 Å². The maximum absolute atomic E-state index is 13.6. The van der Waals surface area contributed by atoms with E-state index in [1.165, 1.54) is 13.0 Å². The van der Waals surface area contributed by atoms with Crippen molar-refractivity contribution in [2.45, 2.75) is 26.3 Å². The van der Waals surface area contributed by atoms with Gasteiger partial charge in [-0.1, -0.05) is 73.1 Å². The summed E-state index contributed by atoms with van der Waals surface area (Å²) in [5.41, 5.74) is 0.493. The maximum atomic E-state index is 13.6. The fourth-order valence-electron chi connectivity index (χ4n) is 4.50. The van der Waals surface area contributed by atoms with Gasteiger partial charge in [0, 0.05) is 5.56 Å². The van der Waals surface area contributed by atoms with E-state index in [1.807, 2.05) is 19.1 Å². The fraction of sp³-hybridized carbons (Fsp3) is 0.280. The van der Waals surface area contributed by atoms with Crippen LogP contribution in [0.1, 0.15) is 41.0 Å². The molecule has 2 aliphatic rings. The van der Waals surface area contributed by atoms with E-state index >= 15 is 0 Å². The van der Waals surface area contributed by atoms with Crippen LogP contribution in [0, 0.1) is 17.8 Å². The molecule has 7 heteroatoms. The first-order valence-corrected chi connectivity index (χ1v) is 10.9. The van der Waals surface area contributed by atoms with Crippen LogP contribution in [0.4, 0.5) is 0 Å². The zero-order valence-electron chi connectivity index (χ0n) is 17.8. The number of rotatable bonds is 5. The Kier molecular flexibility index (Phi) is 5.98. The van der Waals surface area contributed by atoms with Crippen LogP contribution < -0.4 is 0 Å². The first-order chi connectivity index (χ1) is 15.3. The summed E-state index contributed by atoms with van der Waals surface area (Å²) in [7, 11) is 0. The monoisotopic (exact) mass is 450 g/mol. The Bertz CT molecular complexity index is 1110. The van der Waals surface area contributed by atoms with Gasteiger partial charge in [-0.05, 0) is 31.4 Å². The van der Waals surface area contributed by atoms with Crippen molar-refractivity contribution < 1.29 is 19.2 Å². The van der Waals surface area contributed by atoms with Crippen LogP contribution >= 0.6 is 11.6 Å². The Balaban J connectivity index is 1.78.